The number of benzene rings is 2. The van der Waals surface area contributed by atoms with Gasteiger partial charge in [-0.3, -0.25) is 4.79 Å². The molecule has 138 valence electrons. The van der Waals surface area contributed by atoms with E-state index in [9.17, 15) is 9.90 Å². The Bertz CT molecular complexity index is 742. The molecule has 0 fully saturated rings. The van der Waals surface area contributed by atoms with Crippen LogP contribution in [-0.4, -0.2) is 30.9 Å². The lowest BCUT2D eigenvalue weighted by molar-refractivity contribution is -0.123. The molecule has 6 nitrogen and oxygen atoms in total. The number of unbranched alkanes of at least 4 members (excludes halogenated alkanes) is 1. The fraction of sp³-hybridized carbons (Fsp3) is 0.300. The van der Waals surface area contributed by atoms with E-state index in [0.29, 0.717) is 17.1 Å². The maximum absolute atomic E-state index is 11.8. The summed E-state index contributed by atoms with van der Waals surface area (Å²) in [7, 11) is 1.46. The highest BCUT2D eigenvalue weighted by molar-refractivity contribution is 5.83. The largest absolute Gasteiger partial charge is 0.504 e. The molecule has 0 aliphatic rings. The molecular weight excluding hydrogens is 332 g/mol. The topological polar surface area (TPSA) is 80.2 Å². The molecule has 0 saturated carbocycles. The van der Waals surface area contributed by atoms with Gasteiger partial charge in [0, 0.05) is 0 Å². The minimum atomic E-state index is -0.359. The number of amides is 1. The lowest BCUT2D eigenvalue weighted by Gasteiger charge is -2.06. The first-order valence-corrected chi connectivity index (χ1v) is 8.53. The first-order valence-electron chi connectivity index (χ1n) is 8.53. The van der Waals surface area contributed by atoms with Gasteiger partial charge in [0.05, 0.1) is 13.3 Å². The van der Waals surface area contributed by atoms with Crippen molar-refractivity contribution >= 4 is 12.1 Å². The molecule has 0 aromatic heterocycles. The molecule has 0 spiro atoms. The van der Waals surface area contributed by atoms with Crippen LogP contribution in [-0.2, 0) is 11.2 Å². The van der Waals surface area contributed by atoms with Crippen molar-refractivity contribution in [1.82, 2.24) is 5.43 Å². The van der Waals surface area contributed by atoms with Crippen LogP contribution in [0.3, 0.4) is 0 Å². The van der Waals surface area contributed by atoms with Crippen LogP contribution in [0.4, 0.5) is 0 Å². The number of nitrogens with zero attached hydrogens (tertiary/aromatic N) is 1. The monoisotopic (exact) mass is 356 g/mol. The molecule has 26 heavy (non-hydrogen) atoms. The van der Waals surface area contributed by atoms with Crippen molar-refractivity contribution in [3.63, 3.8) is 0 Å². The van der Waals surface area contributed by atoms with Gasteiger partial charge in [-0.1, -0.05) is 25.5 Å². The molecule has 2 aromatic rings. The Kier molecular flexibility index (Phi) is 7.49. The minimum Gasteiger partial charge on any atom is -0.504 e. The van der Waals surface area contributed by atoms with Crippen molar-refractivity contribution in [3.8, 4) is 17.2 Å². The normalized spacial score (nSPS) is 10.7. The van der Waals surface area contributed by atoms with E-state index in [1.165, 1.54) is 25.0 Å². The van der Waals surface area contributed by atoms with E-state index in [4.69, 9.17) is 9.47 Å². The van der Waals surface area contributed by atoms with Crippen LogP contribution in [0.15, 0.2) is 47.6 Å². The van der Waals surface area contributed by atoms with Crippen molar-refractivity contribution in [2.24, 2.45) is 5.10 Å². The first kappa shape index (κ1) is 19.3. The number of nitrogens with one attached hydrogen (secondary N) is 1. The number of hydrogen-bond donors (Lipinski definition) is 2. The van der Waals surface area contributed by atoms with Crippen molar-refractivity contribution in [2.75, 3.05) is 13.7 Å². The average Bonchev–Trinajstić information content (AvgIpc) is 2.66. The maximum Gasteiger partial charge on any atom is 0.277 e. The Morgan fingerprint density at radius 1 is 1.23 bits per heavy atom. The summed E-state index contributed by atoms with van der Waals surface area (Å²) < 4.78 is 10.5. The van der Waals surface area contributed by atoms with E-state index in [-0.39, 0.29) is 18.3 Å². The molecule has 0 radical (unpaired) electrons. The SMILES string of the molecule is CCCCc1ccc(OCC(=O)N/N=C\c2ccc(O)c(OC)c2)cc1. The summed E-state index contributed by atoms with van der Waals surface area (Å²) >= 11 is 0. The number of aromatic hydroxyl groups is 1. The summed E-state index contributed by atoms with van der Waals surface area (Å²) in [6.07, 6.45) is 4.83. The number of phenolic OH excluding ortho intramolecular Hbond substituents is 1. The Morgan fingerprint density at radius 3 is 2.69 bits per heavy atom. The van der Waals surface area contributed by atoms with E-state index in [2.05, 4.69) is 17.5 Å². The second kappa shape index (κ2) is 10.1. The van der Waals surface area contributed by atoms with Crippen molar-refractivity contribution < 1.29 is 19.4 Å². The number of ether oxygens (including phenoxy) is 2. The molecule has 6 heteroatoms. The second-order valence-corrected chi connectivity index (χ2v) is 5.76. The van der Waals surface area contributed by atoms with Gasteiger partial charge in [-0.05, 0) is 54.3 Å². The Labute approximate surface area is 153 Å². The van der Waals surface area contributed by atoms with Gasteiger partial charge in [-0.2, -0.15) is 5.10 Å². The summed E-state index contributed by atoms with van der Waals surface area (Å²) in [5, 5.41) is 13.4. The van der Waals surface area contributed by atoms with Gasteiger partial charge in [-0.25, -0.2) is 5.43 Å². The lowest BCUT2D eigenvalue weighted by Crippen LogP contribution is -2.24. The van der Waals surface area contributed by atoms with Crippen LogP contribution < -0.4 is 14.9 Å². The minimum absolute atomic E-state index is 0.0443. The van der Waals surface area contributed by atoms with Crippen molar-refractivity contribution in [2.45, 2.75) is 26.2 Å². The summed E-state index contributed by atoms with van der Waals surface area (Å²) in [5.74, 6) is 0.670. The summed E-state index contributed by atoms with van der Waals surface area (Å²) in [4.78, 5) is 11.8. The third-order valence-electron chi connectivity index (χ3n) is 3.72. The zero-order valence-electron chi connectivity index (χ0n) is 15.1. The van der Waals surface area contributed by atoms with Gasteiger partial charge >= 0.3 is 0 Å². The number of phenols is 1. The van der Waals surface area contributed by atoms with Crippen LogP contribution in [0.2, 0.25) is 0 Å². The third kappa shape index (κ3) is 6.12. The molecule has 0 heterocycles. The summed E-state index contributed by atoms with van der Waals surface area (Å²) in [6.45, 7) is 2.04. The molecule has 2 rings (SSSR count). The van der Waals surface area contributed by atoms with Gasteiger partial charge in [0.25, 0.3) is 5.91 Å². The smallest absolute Gasteiger partial charge is 0.277 e. The molecule has 2 N–H and O–H groups in total. The molecule has 0 aliphatic carbocycles. The number of rotatable bonds is 9. The molecule has 0 saturated heterocycles. The number of aryl methyl sites for hydroxylation is 1. The third-order valence-corrected chi connectivity index (χ3v) is 3.72. The highest BCUT2D eigenvalue weighted by atomic mass is 16.5. The quantitative estimate of drug-likeness (QED) is 0.534. The zero-order chi connectivity index (χ0) is 18.8. The zero-order valence-corrected chi connectivity index (χ0v) is 15.1. The first-order chi connectivity index (χ1) is 12.6. The predicted octanol–water partition coefficient (Wildman–Crippen LogP) is 3.27. The molecule has 0 bridgehead atoms. The Hall–Kier alpha value is -3.02. The molecule has 1 amide bonds. The number of carbonyl (C=O) groups is 1. The fourth-order valence-corrected chi connectivity index (χ4v) is 2.27. The molecular formula is C20H24N2O4. The molecule has 0 unspecified atom stereocenters. The van der Waals surface area contributed by atoms with Gasteiger partial charge in [-0.15, -0.1) is 0 Å². The lowest BCUT2D eigenvalue weighted by atomic mass is 10.1. The van der Waals surface area contributed by atoms with E-state index in [1.54, 1.807) is 12.1 Å². The second-order valence-electron chi connectivity index (χ2n) is 5.76. The number of methoxy groups -OCH3 is 1. The van der Waals surface area contributed by atoms with E-state index >= 15 is 0 Å². The van der Waals surface area contributed by atoms with Crippen LogP contribution in [0.25, 0.3) is 0 Å². The highest BCUT2D eigenvalue weighted by Gasteiger charge is 2.03. The average molecular weight is 356 g/mol. The molecule has 0 atom stereocenters. The van der Waals surface area contributed by atoms with Crippen LogP contribution in [0.5, 0.6) is 17.2 Å². The summed E-state index contributed by atoms with van der Waals surface area (Å²) in [6, 6.07) is 12.5. The molecule has 0 aliphatic heterocycles. The van der Waals surface area contributed by atoms with E-state index in [0.717, 1.165) is 19.3 Å². The van der Waals surface area contributed by atoms with Gasteiger partial charge in [0.2, 0.25) is 0 Å². The van der Waals surface area contributed by atoms with E-state index < -0.39 is 0 Å². The number of hydrogen-bond acceptors (Lipinski definition) is 5. The van der Waals surface area contributed by atoms with Gasteiger partial charge in [0.15, 0.2) is 18.1 Å². The standard InChI is InChI=1S/C20H24N2O4/c1-3-4-5-15-6-9-17(10-7-15)26-14-20(24)22-21-13-16-8-11-18(23)19(12-16)25-2/h6-13,23H,3-5,14H2,1-2H3,(H,22,24)/b21-13-. The Morgan fingerprint density at radius 2 is 2.00 bits per heavy atom. The Balaban J connectivity index is 1.78. The van der Waals surface area contributed by atoms with Crippen LogP contribution >= 0.6 is 0 Å². The number of carbonyl (C=O) groups excluding carboxylic acids is 1. The van der Waals surface area contributed by atoms with Crippen LogP contribution in [0.1, 0.15) is 30.9 Å². The molecule has 2 aromatic carbocycles. The maximum atomic E-state index is 11.8. The predicted molar refractivity (Wildman–Crippen MR) is 101 cm³/mol. The fourth-order valence-electron chi connectivity index (χ4n) is 2.27. The van der Waals surface area contributed by atoms with Gasteiger partial charge in [0.1, 0.15) is 5.75 Å². The number of hydrazone groups is 1. The summed E-state index contributed by atoms with van der Waals surface area (Å²) in [5.41, 5.74) is 4.34. The highest BCUT2D eigenvalue weighted by Crippen LogP contribution is 2.25. The van der Waals surface area contributed by atoms with Crippen LogP contribution in [0, 0.1) is 0 Å². The van der Waals surface area contributed by atoms with E-state index in [1.807, 2.05) is 24.3 Å². The van der Waals surface area contributed by atoms with Gasteiger partial charge < -0.3 is 14.6 Å². The van der Waals surface area contributed by atoms with Crippen molar-refractivity contribution in [1.29, 1.82) is 0 Å². The van der Waals surface area contributed by atoms with Crippen molar-refractivity contribution in [3.05, 3.63) is 53.6 Å².